The zero-order valence-electron chi connectivity index (χ0n) is 11.6. The summed E-state index contributed by atoms with van der Waals surface area (Å²) in [5.41, 5.74) is 0.597. The number of pyridine rings is 1. The summed E-state index contributed by atoms with van der Waals surface area (Å²) in [6.45, 7) is 1.10. The van der Waals surface area contributed by atoms with Gasteiger partial charge in [-0.3, -0.25) is 4.98 Å². The number of nitrogens with zero attached hydrogens (tertiary/aromatic N) is 1. The number of halogens is 2. The number of fused-ring (bicyclic) bond motifs is 1. The molecule has 0 amide bonds. The van der Waals surface area contributed by atoms with Gasteiger partial charge in [-0.05, 0) is 31.0 Å². The van der Waals surface area contributed by atoms with Gasteiger partial charge in [0.05, 0.1) is 10.5 Å². The van der Waals surface area contributed by atoms with Gasteiger partial charge in [0, 0.05) is 35.9 Å². The van der Waals surface area contributed by atoms with Crippen LogP contribution in [0.5, 0.6) is 0 Å². The monoisotopic (exact) mass is 360 g/mol. The van der Waals surface area contributed by atoms with E-state index >= 15 is 0 Å². The van der Waals surface area contributed by atoms with Crippen molar-refractivity contribution in [3.8, 4) is 0 Å². The molecule has 1 aliphatic rings. The Hall–Kier alpha value is -0.920. The molecule has 3 rings (SSSR count). The van der Waals surface area contributed by atoms with Crippen LogP contribution in [0.25, 0.3) is 10.9 Å². The van der Waals surface area contributed by atoms with Crippen LogP contribution in [0, 0.1) is 0 Å². The van der Waals surface area contributed by atoms with Gasteiger partial charge in [0.15, 0.2) is 0 Å². The van der Waals surface area contributed by atoms with Crippen LogP contribution in [0.1, 0.15) is 12.8 Å². The second-order valence-electron chi connectivity index (χ2n) is 5.11. The summed E-state index contributed by atoms with van der Waals surface area (Å²) in [7, 11) is -3.74. The minimum atomic E-state index is -3.74. The molecule has 8 heteroatoms. The number of hydrogen-bond donors (Lipinski definition) is 1. The van der Waals surface area contributed by atoms with Crippen molar-refractivity contribution < 1.29 is 13.2 Å². The average molecular weight is 361 g/mol. The lowest BCUT2D eigenvalue weighted by atomic mass is 10.1. The highest BCUT2D eigenvalue weighted by atomic mass is 35.5. The Morgan fingerprint density at radius 2 is 1.95 bits per heavy atom. The Bertz CT molecular complexity index is 805. The summed E-state index contributed by atoms with van der Waals surface area (Å²) in [4.78, 5) is 4.12. The third kappa shape index (κ3) is 3.21. The van der Waals surface area contributed by atoms with Gasteiger partial charge in [-0.15, -0.1) is 0 Å². The van der Waals surface area contributed by atoms with Gasteiger partial charge < -0.3 is 4.74 Å². The molecular formula is C14H14Cl2N2O3S. The molecule has 1 aromatic heterocycles. The number of sulfonamides is 1. The Morgan fingerprint density at radius 1 is 1.23 bits per heavy atom. The fourth-order valence-corrected chi connectivity index (χ4v) is 4.42. The van der Waals surface area contributed by atoms with E-state index in [0.717, 1.165) is 0 Å². The van der Waals surface area contributed by atoms with Crippen LogP contribution in [0.15, 0.2) is 29.3 Å². The molecule has 1 saturated heterocycles. The second kappa shape index (κ2) is 6.29. The molecule has 0 aliphatic carbocycles. The minimum absolute atomic E-state index is 0.0320. The molecular weight excluding hydrogens is 347 g/mol. The quantitative estimate of drug-likeness (QED) is 0.913. The van der Waals surface area contributed by atoms with E-state index in [1.165, 1.54) is 6.20 Å². The molecule has 1 N–H and O–H groups in total. The molecule has 5 nitrogen and oxygen atoms in total. The Labute approximate surface area is 138 Å². The Morgan fingerprint density at radius 3 is 2.68 bits per heavy atom. The maximum atomic E-state index is 12.5. The Kier molecular flexibility index (Phi) is 4.56. The summed E-state index contributed by atoms with van der Waals surface area (Å²) in [6.07, 6.45) is 2.56. The summed E-state index contributed by atoms with van der Waals surface area (Å²) in [6, 6.07) is 4.84. The zero-order valence-corrected chi connectivity index (χ0v) is 13.9. The van der Waals surface area contributed by atoms with Crippen molar-refractivity contribution in [2.75, 3.05) is 13.2 Å². The smallest absolute Gasteiger partial charge is 0.243 e. The van der Waals surface area contributed by atoms with Crippen molar-refractivity contribution >= 4 is 44.1 Å². The minimum Gasteiger partial charge on any atom is -0.381 e. The summed E-state index contributed by atoms with van der Waals surface area (Å²) >= 11 is 12.2. The third-order valence-electron chi connectivity index (χ3n) is 3.56. The van der Waals surface area contributed by atoms with E-state index in [-0.39, 0.29) is 16.0 Å². The van der Waals surface area contributed by atoms with Crippen LogP contribution < -0.4 is 4.72 Å². The van der Waals surface area contributed by atoms with Gasteiger partial charge >= 0.3 is 0 Å². The molecule has 1 aliphatic heterocycles. The van der Waals surface area contributed by atoms with E-state index in [1.54, 1.807) is 18.2 Å². The predicted octanol–water partition coefficient (Wildman–Crippen LogP) is 3.00. The fourth-order valence-electron chi connectivity index (χ4n) is 2.40. The maximum Gasteiger partial charge on any atom is 0.243 e. The molecule has 1 fully saturated rings. The van der Waals surface area contributed by atoms with Crippen LogP contribution in [-0.2, 0) is 14.8 Å². The molecule has 0 bridgehead atoms. The lowest BCUT2D eigenvalue weighted by Crippen LogP contribution is -2.39. The molecule has 0 spiro atoms. The molecule has 0 radical (unpaired) electrons. The standard InChI is InChI=1S/C14H14Cl2N2O3S/c15-9-1-2-12-11(7-9)14(16)13(8-17-12)22(19,20)18-10-3-5-21-6-4-10/h1-2,7-8,10,18H,3-6H2. The lowest BCUT2D eigenvalue weighted by molar-refractivity contribution is 0.0832. The number of ether oxygens (including phenoxy) is 1. The molecule has 0 saturated carbocycles. The predicted molar refractivity (Wildman–Crippen MR) is 85.9 cm³/mol. The number of aromatic nitrogens is 1. The highest BCUT2D eigenvalue weighted by molar-refractivity contribution is 7.89. The summed E-state index contributed by atoms with van der Waals surface area (Å²) in [5.74, 6) is 0. The normalized spacial score (nSPS) is 17.0. The number of hydrogen-bond acceptors (Lipinski definition) is 4. The van der Waals surface area contributed by atoms with Gasteiger partial charge in [0.2, 0.25) is 10.0 Å². The topological polar surface area (TPSA) is 68.3 Å². The molecule has 2 heterocycles. The largest absolute Gasteiger partial charge is 0.381 e. The van der Waals surface area contributed by atoms with E-state index in [2.05, 4.69) is 9.71 Å². The zero-order chi connectivity index (χ0) is 15.7. The van der Waals surface area contributed by atoms with Crippen molar-refractivity contribution in [2.45, 2.75) is 23.8 Å². The maximum absolute atomic E-state index is 12.5. The van der Waals surface area contributed by atoms with E-state index < -0.39 is 10.0 Å². The lowest BCUT2D eigenvalue weighted by Gasteiger charge is -2.23. The van der Waals surface area contributed by atoms with Crippen LogP contribution in [0.3, 0.4) is 0 Å². The number of rotatable bonds is 3. The van der Waals surface area contributed by atoms with E-state index in [4.69, 9.17) is 27.9 Å². The van der Waals surface area contributed by atoms with Crippen molar-refractivity contribution in [1.82, 2.24) is 9.71 Å². The fraction of sp³-hybridized carbons (Fsp3) is 0.357. The van der Waals surface area contributed by atoms with Gasteiger partial charge in [0.1, 0.15) is 4.90 Å². The van der Waals surface area contributed by atoms with Gasteiger partial charge in [-0.2, -0.15) is 0 Å². The van der Waals surface area contributed by atoms with Gasteiger partial charge in [0.25, 0.3) is 0 Å². The molecule has 0 unspecified atom stereocenters. The second-order valence-corrected chi connectivity index (χ2v) is 7.60. The number of nitrogens with one attached hydrogen (secondary N) is 1. The van der Waals surface area contributed by atoms with E-state index in [0.29, 0.717) is 42.0 Å². The molecule has 1 aromatic carbocycles. The first-order valence-corrected chi connectivity index (χ1v) is 9.05. The molecule has 22 heavy (non-hydrogen) atoms. The van der Waals surface area contributed by atoms with Crippen LogP contribution >= 0.6 is 23.2 Å². The molecule has 2 aromatic rings. The first-order valence-electron chi connectivity index (χ1n) is 6.81. The van der Waals surface area contributed by atoms with Crippen LogP contribution in [-0.4, -0.2) is 32.7 Å². The SMILES string of the molecule is O=S(=O)(NC1CCOCC1)c1cnc2ccc(Cl)cc2c1Cl. The van der Waals surface area contributed by atoms with Gasteiger partial charge in [-0.1, -0.05) is 23.2 Å². The first-order chi connectivity index (χ1) is 10.5. The molecule has 118 valence electrons. The first kappa shape index (κ1) is 16.0. The third-order valence-corrected chi connectivity index (χ3v) is 5.85. The molecule has 0 atom stereocenters. The summed E-state index contributed by atoms with van der Waals surface area (Å²) in [5, 5.41) is 1.12. The van der Waals surface area contributed by atoms with Crippen molar-refractivity contribution in [3.63, 3.8) is 0 Å². The van der Waals surface area contributed by atoms with Crippen LogP contribution in [0.2, 0.25) is 10.0 Å². The van der Waals surface area contributed by atoms with Gasteiger partial charge in [-0.25, -0.2) is 13.1 Å². The number of benzene rings is 1. The highest BCUT2D eigenvalue weighted by Crippen LogP contribution is 2.30. The van der Waals surface area contributed by atoms with Crippen LogP contribution in [0.4, 0.5) is 0 Å². The van der Waals surface area contributed by atoms with Crippen molar-refractivity contribution in [2.24, 2.45) is 0 Å². The van der Waals surface area contributed by atoms with Crippen molar-refractivity contribution in [3.05, 3.63) is 34.4 Å². The summed E-state index contributed by atoms with van der Waals surface area (Å²) < 4.78 is 33.0. The Balaban J connectivity index is 1.99. The highest BCUT2D eigenvalue weighted by Gasteiger charge is 2.25. The van der Waals surface area contributed by atoms with E-state index in [1.807, 2.05) is 0 Å². The average Bonchev–Trinajstić information content (AvgIpc) is 2.48. The van der Waals surface area contributed by atoms with E-state index in [9.17, 15) is 8.42 Å². The van der Waals surface area contributed by atoms with Crippen molar-refractivity contribution in [1.29, 1.82) is 0 Å².